The highest BCUT2D eigenvalue weighted by atomic mass is 32.2. The van der Waals surface area contributed by atoms with Crippen molar-refractivity contribution in [2.75, 3.05) is 19.0 Å². The molecule has 0 radical (unpaired) electrons. The molecule has 4 N–H and O–H groups in total. The second kappa shape index (κ2) is 40.6. The summed E-state index contributed by atoms with van der Waals surface area (Å²) in [5.41, 5.74) is 0. The lowest BCUT2D eigenvalue weighted by atomic mass is 10.00. The second-order valence-corrected chi connectivity index (χ2v) is 18.6. The molecule has 1 aliphatic rings. The molecule has 64 heavy (non-hydrogen) atoms. The van der Waals surface area contributed by atoms with E-state index in [9.17, 15) is 37.9 Å². The maximum atomic E-state index is 12.8. The highest BCUT2D eigenvalue weighted by Gasteiger charge is 2.46. The topological polar surface area (TPSA) is 186 Å². The molecule has 12 nitrogen and oxygen atoms in total. The lowest BCUT2D eigenvalue weighted by molar-refractivity contribution is -0.297. The Kier molecular flexibility index (Phi) is 37.7. The minimum Gasteiger partial charge on any atom is -0.462 e. The summed E-state index contributed by atoms with van der Waals surface area (Å²) >= 11 is 0. The maximum Gasteiger partial charge on any atom is 0.306 e. The summed E-state index contributed by atoms with van der Waals surface area (Å²) in [5, 5.41) is 30.9. The van der Waals surface area contributed by atoms with E-state index in [0.29, 0.717) is 12.8 Å². The first-order valence-corrected chi connectivity index (χ1v) is 26.5. The maximum absolute atomic E-state index is 12.8. The number of unbranched alkanes of at least 4 members (excludes halogenated alkanes) is 19. The molecule has 1 heterocycles. The van der Waals surface area contributed by atoms with Crippen LogP contribution in [0, 0.1) is 0 Å². The van der Waals surface area contributed by atoms with Crippen LogP contribution in [0.3, 0.4) is 0 Å². The molecule has 1 aliphatic heterocycles. The van der Waals surface area contributed by atoms with Gasteiger partial charge < -0.3 is 34.3 Å². The van der Waals surface area contributed by atoms with Crippen molar-refractivity contribution in [2.45, 2.75) is 230 Å². The molecule has 0 aliphatic carbocycles. The molecule has 1 saturated heterocycles. The number of aliphatic hydroxyl groups excluding tert-OH is 3. The molecule has 3 unspecified atom stereocenters. The number of ether oxygens (including phenoxy) is 4. The lowest BCUT2D eigenvalue weighted by Crippen LogP contribution is -2.60. The summed E-state index contributed by atoms with van der Waals surface area (Å²) in [6.07, 6.45) is 41.4. The highest BCUT2D eigenvalue weighted by molar-refractivity contribution is 7.85. The van der Waals surface area contributed by atoms with Crippen LogP contribution in [0.5, 0.6) is 0 Å². The van der Waals surface area contributed by atoms with Crippen LogP contribution in [0.15, 0.2) is 60.8 Å². The Balaban J connectivity index is 2.36. The zero-order valence-corrected chi connectivity index (χ0v) is 40.4. The number of hydrogen-bond acceptors (Lipinski definition) is 11. The van der Waals surface area contributed by atoms with E-state index in [1.165, 1.54) is 103 Å². The van der Waals surface area contributed by atoms with Gasteiger partial charge in [0.1, 0.15) is 36.8 Å². The van der Waals surface area contributed by atoms with Crippen LogP contribution < -0.4 is 0 Å². The van der Waals surface area contributed by atoms with Gasteiger partial charge in [-0.2, -0.15) is 8.42 Å². The van der Waals surface area contributed by atoms with Crippen molar-refractivity contribution in [2.24, 2.45) is 0 Å². The first-order chi connectivity index (χ1) is 31.0. The molecule has 13 heteroatoms. The molecule has 0 bridgehead atoms. The van der Waals surface area contributed by atoms with E-state index >= 15 is 0 Å². The van der Waals surface area contributed by atoms with Crippen LogP contribution in [-0.4, -0.2) is 96.0 Å². The van der Waals surface area contributed by atoms with Crippen molar-refractivity contribution in [3.63, 3.8) is 0 Å². The minimum absolute atomic E-state index is 0.0569. The molecule has 1 fully saturated rings. The van der Waals surface area contributed by atoms with Gasteiger partial charge in [0.15, 0.2) is 12.4 Å². The molecule has 370 valence electrons. The van der Waals surface area contributed by atoms with E-state index in [-0.39, 0.29) is 19.4 Å². The number of esters is 2. The van der Waals surface area contributed by atoms with Crippen molar-refractivity contribution in [1.82, 2.24) is 0 Å². The van der Waals surface area contributed by atoms with Gasteiger partial charge in [-0.3, -0.25) is 14.1 Å². The monoisotopic (exact) mass is 925 g/mol. The van der Waals surface area contributed by atoms with Crippen LogP contribution in [0.4, 0.5) is 0 Å². The van der Waals surface area contributed by atoms with Gasteiger partial charge in [0.05, 0.1) is 6.61 Å². The lowest BCUT2D eigenvalue weighted by Gasteiger charge is -2.40. The van der Waals surface area contributed by atoms with E-state index in [4.69, 9.17) is 18.9 Å². The predicted octanol–water partition coefficient (Wildman–Crippen LogP) is 10.9. The van der Waals surface area contributed by atoms with Crippen LogP contribution in [0.2, 0.25) is 0 Å². The minimum atomic E-state index is -4.61. The van der Waals surface area contributed by atoms with Crippen molar-refractivity contribution < 1.29 is 56.8 Å². The molecular weight excluding hydrogens is 837 g/mol. The van der Waals surface area contributed by atoms with Gasteiger partial charge in [0.25, 0.3) is 10.1 Å². The standard InChI is InChI=1S/C51H88O12S/c1-3-5-7-9-11-13-15-17-18-19-20-21-22-23-24-25-26-28-29-31-33-35-37-39-46(52)60-41-44(42-61-51-50(56)49(55)48(54)45(63-51)43-64(57,58)59)62-47(53)40-38-36-34-32-30-27-16-14-12-10-8-6-4-2/h5,7,11,13,17-18,27,30,34,36,44-45,48-51,54-56H,3-4,6,8-10,12,14-16,19-26,28-29,31-33,35,37-43H2,1-2H3,(H,57,58,59)/b7-5+,13-11+,18-17+,30-27+,36-34+/t44?,45-,48-,49?,50?,51+/m1/s1. The van der Waals surface area contributed by atoms with E-state index in [2.05, 4.69) is 62.5 Å². The van der Waals surface area contributed by atoms with E-state index in [0.717, 1.165) is 51.4 Å². The van der Waals surface area contributed by atoms with E-state index in [1.54, 1.807) is 0 Å². The fourth-order valence-corrected chi connectivity index (χ4v) is 7.96. The van der Waals surface area contributed by atoms with Gasteiger partial charge in [-0.05, 0) is 64.2 Å². The Labute approximate surface area is 387 Å². The van der Waals surface area contributed by atoms with Gasteiger partial charge in [0, 0.05) is 12.8 Å². The second-order valence-electron chi connectivity index (χ2n) is 17.1. The zero-order valence-electron chi connectivity index (χ0n) is 39.6. The van der Waals surface area contributed by atoms with E-state index < -0.39 is 71.2 Å². The molecule has 0 saturated carbocycles. The van der Waals surface area contributed by atoms with Gasteiger partial charge >= 0.3 is 11.9 Å². The quantitative estimate of drug-likeness (QED) is 0.0197. The van der Waals surface area contributed by atoms with Crippen LogP contribution in [-0.2, 0) is 38.7 Å². The van der Waals surface area contributed by atoms with Crippen molar-refractivity contribution in [1.29, 1.82) is 0 Å². The van der Waals surface area contributed by atoms with Crippen molar-refractivity contribution in [3.8, 4) is 0 Å². The average Bonchev–Trinajstić information content (AvgIpc) is 3.26. The van der Waals surface area contributed by atoms with Crippen LogP contribution in [0.1, 0.15) is 194 Å². The first-order valence-electron chi connectivity index (χ1n) is 24.8. The highest BCUT2D eigenvalue weighted by Crippen LogP contribution is 2.24. The molecule has 6 atom stereocenters. The molecule has 0 spiro atoms. The summed E-state index contributed by atoms with van der Waals surface area (Å²) < 4.78 is 54.1. The number of carbonyl (C=O) groups excluding carboxylic acids is 2. The van der Waals surface area contributed by atoms with Gasteiger partial charge in [-0.1, -0.05) is 177 Å². The number of allylic oxidation sites excluding steroid dienone is 10. The molecular formula is C51H88O12S. The Bertz CT molecular complexity index is 1410. The van der Waals surface area contributed by atoms with Crippen molar-refractivity contribution in [3.05, 3.63) is 60.8 Å². The largest absolute Gasteiger partial charge is 0.462 e. The average molecular weight is 925 g/mol. The van der Waals surface area contributed by atoms with Gasteiger partial charge in [-0.25, -0.2) is 0 Å². The number of rotatable bonds is 41. The first kappa shape index (κ1) is 59.4. The van der Waals surface area contributed by atoms with Crippen molar-refractivity contribution >= 4 is 22.1 Å². The fraction of sp³-hybridized carbons (Fsp3) is 0.765. The third-order valence-corrected chi connectivity index (χ3v) is 11.8. The van der Waals surface area contributed by atoms with Crippen LogP contribution in [0.25, 0.3) is 0 Å². The summed E-state index contributed by atoms with van der Waals surface area (Å²) in [6, 6.07) is 0. The molecule has 1 rings (SSSR count). The number of carbonyl (C=O) groups is 2. The molecule has 0 amide bonds. The van der Waals surface area contributed by atoms with E-state index in [1.807, 2.05) is 12.2 Å². The summed E-state index contributed by atoms with van der Waals surface area (Å²) in [7, 11) is -4.61. The molecule has 0 aromatic heterocycles. The SMILES string of the molecule is CC/C=C/C/C=C/C/C=C/CCCCCCCCCCCCCCCC(=O)OCC(CO[C@H]1O[C@H](CS(=O)(=O)O)[C@@H](O)C(O)C1O)OC(=O)CC/C=C/C/C=C/CCCCCCCC. The Morgan fingerprint density at radius 1 is 0.547 bits per heavy atom. The summed E-state index contributed by atoms with van der Waals surface area (Å²) in [6.45, 7) is 3.60. The fourth-order valence-electron chi connectivity index (χ4n) is 7.27. The summed E-state index contributed by atoms with van der Waals surface area (Å²) in [4.78, 5) is 25.4. The summed E-state index contributed by atoms with van der Waals surface area (Å²) in [5.74, 6) is -2.07. The number of hydrogen-bond donors (Lipinski definition) is 4. The normalized spacial score (nSPS) is 20.1. The smallest absolute Gasteiger partial charge is 0.306 e. The molecule has 0 aromatic carbocycles. The Morgan fingerprint density at radius 3 is 1.53 bits per heavy atom. The Morgan fingerprint density at radius 2 is 1.02 bits per heavy atom. The number of aliphatic hydroxyl groups is 3. The third kappa shape index (κ3) is 34.7. The predicted molar refractivity (Wildman–Crippen MR) is 256 cm³/mol. The van der Waals surface area contributed by atoms with Gasteiger partial charge in [-0.15, -0.1) is 0 Å². The zero-order chi connectivity index (χ0) is 46.9. The Hall–Kier alpha value is -2.65. The third-order valence-electron chi connectivity index (χ3n) is 11.1. The van der Waals surface area contributed by atoms with Gasteiger partial charge in [0.2, 0.25) is 0 Å². The van der Waals surface area contributed by atoms with Crippen LogP contribution >= 0.6 is 0 Å². The molecule has 0 aromatic rings.